The fraction of sp³-hybridized carbons (Fsp3) is 0.0556. The number of fused-ring (bicyclic) bond motifs is 1. The molecule has 0 saturated heterocycles. The lowest BCUT2D eigenvalue weighted by atomic mass is 10.2. The van der Waals surface area contributed by atoms with Gasteiger partial charge in [-0.25, -0.2) is 9.97 Å². The summed E-state index contributed by atoms with van der Waals surface area (Å²) < 4.78 is 2.95. The van der Waals surface area contributed by atoms with E-state index in [-0.39, 0.29) is 5.91 Å². The molecule has 0 aliphatic heterocycles. The van der Waals surface area contributed by atoms with E-state index >= 15 is 0 Å². The first-order valence-electron chi connectivity index (χ1n) is 7.58. The van der Waals surface area contributed by atoms with Crippen molar-refractivity contribution in [3.05, 3.63) is 76.6 Å². The normalized spacial score (nSPS) is 10.9. The van der Waals surface area contributed by atoms with Crippen LogP contribution in [-0.2, 0) is 6.54 Å². The summed E-state index contributed by atoms with van der Waals surface area (Å²) in [6, 6.07) is 13.1. The molecule has 0 radical (unpaired) electrons. The first kappa shape index (κ1) is 15.8. The summed E-state index contributed by atoms with van der Waals surface area (Å²) >= 11 is 7.55. The van der Waals surface area contributed by atoms with Crippen LogP contribution in [0.4, 0.5) is 5.82 Å². The van der Waals surface area contributed by atoms with Crippen molar-refractivity contribution in [2.75, 3.05) is 5.32 Å². The quantitative estimate of drug-likeness (QED) is 0.579. The number of aromatic nitrogens is 3. The number of hydrogen-bond donors (Lipinski definition) is 1. The molecule has 0 aliphatic rings. The number of anilines is 1. The molecule has 1 amide bonds. The van der Waals surface area contributed by atoms with Gasteiger partial charge in [-0.1, -0.05) is 23.7 Å². The van der Waals surface area contributed by atoms with Crippen LogP contribution in [0.2, 0.25) is 5.02 Å². The molecule has 1 N–H and O–H groups in total. The van der Waals surface area contributed by atoms with E-state index in [0.29, 0.717) is 22.9 Å². The van der Waals surface area contributed by atoms with E-state index in [1.54, 1.807) is 41.5 Å². The Morgan fingerprint density at radius 1 is 1.20 bits per heavy atom. The molecule has 0 aliphatic carbocycles. The van der Waals surface area contributed by atoms with Crippen LogP contribution in [0.25, 0.3) is 10.2 Å². The van der Waals surface area contributed by atoms with Gasteiger partial charge in [-0.2, -0.15) is 0 Å². The number of carbonyl (C=O) groups is 1. The number of nitrogens with one attached hydrogen (secondary N) is 1. The molecule has 7 heteroatoms. The predicted molar refractivity (Wildman–Crippen MR) is 100 cm³/mol. The zero-order valence-electron chi connectivity index (χ0n) is 13.0. The van der Waals surface area contributed by atoms with Crippen LogP contribution >= 0.6 is 22.9 Å². The third-order valence-electron chi connectivity index (χ3n) is 3.72. The summed E-state index contributed by atoms with van der Waals surface area (Å²) in [6.45, 7) is 0.633. The highest BCUT2D eigenvalue weighted by Gasteiger charge is 2.10. The van der Waals surface area contributed by atoms with Crippen molar-refractivity contribution >= 4 is 44.9 Å². The number of hydrogen-bond acceptors (Lipinski definition) is 4. The molecule has 2 heterocycles. The summed E-state index contributed by atoms with van der Waals surface area (Å²) in [7, 11) is 0. The lowest BCUT2D eigenvalue weighted by Gasteiger charge is -2.03. The third-order valence-corrected chi connectivity index (χ3v) is 4.77. The van der Waals surface area contributed by atoms with Gasteiger partial charge >= 0.3 is 0 Å². The van der Waals surface area contributed by atoms with Crippen molar-refractivity contribution in [3.63, 3.8) is 0 Å². The van der Waals surface area contributed by atoms with Crippen LogP contribution in [0.15, 0.2) is 60.5 Å². The molecular formula is C18H13ClN4OS. The second-order valence-corrected chi connectivity index (χ2v) is 6.87. The van der Waals surface area contributed by atoms with Crippen molar-refractivity contribution < 1.29 is 4.79 Å². The second kappa shape index (κ2) is 6.66. The van der Waals surface area contributed by atoms with Gasteiger partial charge in [0.05, 0.1) is 22.1 Å². The Balaban J connectivity index is 1.47. The zero-order chi connectivity index (χ0) is 17.2. The molecular weight excluding hydrogens is 356 g/mol. The molecule has 124 valence electrons. The molecule has 2 aromatic heterocycles. The van der Waals surface area contributed by atoms with Gasteiger partial charge in [-0.3, -0.25) is 4.79 Å². The smallest absolute Gasteiger partial charge is 0.256 e. The Labute approximate surface area is 152 Å². The average molecular weight is 369 g/mol. The van der Waals surface area contributed by atoms with Crippen LogP contribution in [0.5, 0.6) is 0 Å². The highest BCUT2D eigenvalue weighted by molar-refractivity contribution is 7.16. The van der Waals surface area contributed by atoms with Crippen molar-refractivity contribution in [1.82, 2.24) is 14.5 Å². The van der Waals surface area contributed by atoms with E-state index in [1.807, 2.05) is 34.9 Å². The molecule has 0 bridgehead atoms. The number of nitrogens with zero attached hydrogens (tertiary/aromatic N) is 3. The minimum Gasteiger partial charge on any atom is -0.331 e. The summed E-state index contributed by atoms with van der Waals surface area (Å²) in [5.41, 5.74) is 4.22. The van der Waals surface area contributed by atoms with Gasteiger partial charge in [0.2, 0.25) is 0 Å². The molecule has 4 aromatic rings. The standard InChI is InChI=1S/C18H13ClN4OS/c19-14-3-1-2-12(6-14)8-23-9-17(20-10-23)22-18(24)13-4-5-16-15(7-13)21-11-25-16/h1-7,9-11H,8H2,(H,22,24). The molecule has 4 rings (SSSR count). The van der Waals surface area contributed by atoms with E-state index in [4.69, 9.17) is 11.6 Å². The van der Waals surface area contributed by atoms with Crippen molar-refractivity contribution in [2.45, 2.75) is 6.54 Å². The van der Waals surface area contributed by atoms with E-state index in [2.05, 4.69) is 15.3 Å². The largest absolute Gasteiger partial charge is 0.331 e. The second-order valence-electron chi connectivity index (χ2n) is 5.55. The lowest BCUT2D eigenvalue weighted by Crippen LogP contribution is -2.12. The minimum atomic E-state index is -0.206. The van der Waals surface area contributed by atoms with E-state index in [9.17, 15) is 4.79 Å². The van der Waals surface area contributed by atoms with Gasteiger partial charge in [0, 0.05) is 23.3 Å². The monoisotopic (exact) mass is 368 g/mol. The lowest BCUT2D eigenvalue weighted by molar-refractivity contribution is 0.102. The molecule has 2 aromatic carbocycles. The maximum atomic E-state index is 12.4. The molecule has 0 unspecified atom stereocenters. The molecule has 5 nitrogen and oxygen atoms in total. The van der Waals surface area contributed by atoms with Gasteiger partial charge < -0.3 is 9.88 Å². The summed E-state index contributed by atoms with van der Waals surface area (Å²) in [6.07, 6.45) is 3.47. The molecule has 0 saturated carbocycles. The number of benzene rings is 2. The Hall–Kier alpha value is -2.70. The van der Waals surface area contributed by atoms with Crippen LogP contribution < -0.4 is 5.32 Å². The number of carbonyl (C=O) groups excluding carboxylic acids is 1. The van der Waals surface area contributed by atoms with E-state index in [0.717, 1.165) is 15.8 Å². The molecule has 0 spiro atoms. The highest BCUT2D eigenvalue weighted by Crippen LogP contribution is 2.19. The fourth-order valence-electron chi connectivity index (χ4n) is 2.54. The number of thiazole rings is 1. The van der Waals surface area contributed by atoms with Crippen LogP contribution in [0.1, 0.15) is 15.9 Å². The average Bonchev–Trinajstić information content (AvgIpc) is 3.23. The van der Waals surface area contributed by atoms with E-state index in [1.165, 1.54) is 0 Å². The third kappa shape index (κ3) is 3.55. The Morgan fingerprint density at radius 2 is 2.12 bits per heavy atom. The van der Waals surface area contributed by atoms with E-state index < -0.39 is 0 Å². The Kier molecular flexibility index (Phi) is 4.21. The number of halogens is 1. The summed E-state index contributed by atoms with van der Waals surface area (Å²) in [4.78, 5) is 20.9. The topological polar surface area (TPSA) is 59.8 Å². The van der Waals surface area contributed by atoms with Crippen molar-refractivity contribution in [2.24, 2.45) is 0 Å². The molecule has 0 fully saturated rings. The first-order chi connectivity index (χ1) is 12.2. The number of amides is 1. The van der Waals surface area contributed by atoms with Gasteiger partial charge in [-0.15, -0.1) is 11.3 Å². The Bertz CT molecular complexity index is 1060. The van der Waals surface area contributed by atoms with Gasteiger partial charge in [0.25, 0.3) is 5.91 Å². The first-order valence-corrected chi connectivity index (χ1v) is 8.84. The van der Waals surface area contributed by atoms with Gasteiger partial charge in [-0.05, 0) is 35.9 Å². The van der Waals surface area contributed by atoms with Crippen LogP contribution in [-0.4, -0.2) is 20.4 Å². The maximum Gasteiger partial charge on any atom is 0.256 e. The number of imidazole rings is 1. The summed E-state index contributed by atoms with van der Waals surface area (Å²) in [5, 5.41) is 3.51. The van der Waals surface area contributed by atoms with Crippen molar-refractivity contribution in [1.29, 1.82) is 0 Å². The van der Waals surface area contributed by atoms with Crippen molar-refractivity contribution in [3.8, 4) is 0 Å². The predicted octanol–water partition coefficient (Wildman–Crippen LogP) is 4.45. The SMILES string of the molecule is O=C(Nc1cn(Cc2cccc(Cl)c2)cn1)c1ccc2scnc2c1. The zero-order valence-corrected chi connectivity index (χ0v) is 14.6. The van der Waals surface area contributed by atoms with Crippen LogP contribution in [0, 0.1) is 0 Å². The summed E-state index contributed by atoms with van der Waals surface area (Å²) in [5.74, 6) is 0.299. The van der Waals surface area contributed by atoms with Gasteiger partial charge in [0.15, 0.2) is 5.82 Å². The van der Waals surface area contributed by atoms with Gasteiger partial charge in [0.1, 0.15) is 0 Å². The van der Waals surface area contributed by atoms with Crippen LogP contribution in [0.3, 0.4) is 0 Å². The molecule has 25 heavy (non-hydrogen) atoms. The highest BCUT2D eigenvalue weighted by atomic mass is 35.5. The minimum absolute atomic E-state index is 0.206. The maximum absolute atomic E-state index is 12.4. The molecule has 0 atom stereocenters. The Morgan fingerprint density at radius 3 is 3.00 bits per heavy atom. The number of rotatable bonds is 4. The fourth-order valence-corrected chi connectivity index (χ4v) is 3.42.